The number of hydrogen-bond acceptors (Lipinski definition) is 3. The molecular weight excluding hydrogens is 216 g/mol. The average Bonchev–Trinajstić information content (AvgIpc) is 2.82. The van der Waals surface area contributed by atoms with Gasteiger partial charge in [0.1, 0.15) is 11.9 Å². The van der Waals surface area contributed by atoms with Gasteiger partial charge >= 0.3 is 0 Å². The summed E-state index contributed by atoms with van der Waals surface area (Å²) in [6, 6.07) is 11.2. The summed E-state index contributed by atoms with van der Waals surface area (Å²) < 4.78 is 5.27. The Morgan fingerprint density at radius 1 is 1.12 bits per heavy atom. The Hall–Kier alpha value is -2.23. The summed E-state index contributed by atoms with van der Waals surface area (Å²) in [6.07, 6.45) is 2.14. The highest BCUT2D eigenvalue weighted by atomic mass is 16.3. The van der Waals surface area contributed by atoms with Crippen LogP contribution in [0.1, 0.15) is 16.1 Å². The molecule has 4 nitrogen and oxygen atoms in total. The molecule has 0 bridgehead atoms. The molecule has 2 aromatic rings. The first-order valence-corrected chi connectivity index (χ1v) is 5.52. The Morgan fingerprint density at radius 3 is 2.82 bits per heavy atom. The summed E-state index contributed by atoms with van der Waals surface area (Å²) >= 11 is 0. The van der Waals surface area contributed by atoms with Gasteiger partial charge in [0.25, 0.3) is 5.91 Å². The number of fused-ring (bicyclic) bond motifs is 1. The van der Waals surface area contributed by atoms with Crippen LogP contribution in [0.2, 0.25) is 0 Å². The van der Waals surface area contributed by atoms with Crippen LogP contribution in [0.5, 0.6) is 0 Å². The first-order chi connectivity index (χ1) is 8.33. The molecule has 0 saturated heterocycles. The van der Waals surface area contributed by atoms with Gasteiger partial charge in [-0.15, -0.1) is 0 Å². The number of furan rings is 1. The molecule has 1 unspecified atom stereocenters. The topological polar surface area (TPSA) is 54.3 Å². The highest BCUT2D eigenvalue weighted by molar-refractivity contribution is 6.01. The zero-order chi connectivity index (χ0) is 11.7. The molecule has 0 saturated carbocycles. The summed E-state index contributed by atoms with van der Waals surface area (Å²) in [6.45, 7) is 0. The maximum absolute atomic E-state index is 11.8. The van der Waals surface area contributed by atoms with Crippen molar-refractivity contribution in [3.63, 3.8) is 0 Å². The number of hydrogen-bond donors (Lipinski definition) is 2. The van der Waals surface area contributed by atoms with Gasteiger partial charge in [0, 0.05) is 12.1 Å². The van der Waals surface area contributed by atoms with Crippen LogP contribution in [0.25, 0.3) is 0 Å². The normalized spacial score (nSPS) is 18.1. The number of rotatable bonds is 2. The molecule has 1 aromatic carbocycles. The van der Waals surface area contributed by atoms with E-state index in [-0.39, 0.29) is 12.1 Å². The van der Waals surface area contributed by atoms with E-state index in [0.29, 0.717) is 12.0 Å². The molecule has 17 heavy (non-hydrogen) atoms. The third-order valence-corrected chi connectivity index (χ3v) is 2.79. The summed E-state index contributed by atoms with van der Waals surface area (Å²) in [5.74, 6) is 0.804. The molecule has 4 heteroatoms. The van der Waals surface area contributed by atoms with E-state index >= 15 is 0 Å². The molecule has 2 heterocycles. The predicted molar refractivity (Wildman–Crippen MR) is 63.7 cm³/mol. The van der Waals surface area contributed by atoms with E-state index in [1.54, 1.807) is 12.3 Å². The van der Waals surface area contributed by atoms with Crippen molar-refractivity contribution < 1.29 is 9.21 Å². The lowest BCUT2D eigenvalue weighted by molar-refractivity contribution is 0.0935. The zero-order valence-corrected chi connectivity index (χ0v) is 9.14. The Morgan fingerprint density at radius 2 is 2.00 bits per heavy atom. The van der Waals surface area contributed by atoms with Gasteiger partial charge in [-0.05, 0) is 24.3 Å². The summed E-state index contributed by atoms with van der Waals surface area (Å²) in [5, 5.41) is 6.17. The second-order valence-corrected chi connectivity index (χ2v) is 4.00. The third kappa shape index (κ3) is 1.89. The van der Waals surface area contributed by atoms with Gasteiger partial charge in [-0.3, -0.25) is 4.79 Å². The number of benzene rings is 1. The first-order valence-electron chi connectivity index (χ1n) is 5.52. The number of anilines is 1. The van der Waals surface area contributed by atoms with Gasteiger partial charge in [0.15, 0.2) is 0 Å². The fourth-order valence-electron chi connectivity index (χ4n) is 2.00. The predicted octanol–water partition coefficient (Wildman–Crippen LogP) is 2.00. The number of para-hydroxylation sites is 1. The van der Waals surface area contributed by atoms with Crippen molar-refractivity contribution in [1.82, 2.24) is 5.32 Å². The maximum Gasteiger partial charge on any atom is 0.254 e. The Labute approximate surface area is 98.6 Å². The molecule has 0 radical (unpaired) electrons. The van der Waals surface area contributed by atoms with Crippen LogP contribution in [0, 0.1) is 0 Å². The Kier molecular flexibility index (Phi) is 2.33. The van der Waals surface area contributed by atoms with E-state index < -0.39 is 0 Å². The Balaban J connectivity index is 1.82. The van der Waals surface area contributed by atoms with E-state index in [4.69, 9.17) is 4.42 Å². The molecule has 3 rings (SSSR count). The van der Waals surface area contributed by atoms with Crippen LogP contribution in [-0.4, -0.2) is 12.1 Å². The molecule has 86 valence electrons. The quantitative estimate of drug-likeness (QED) is 0.826. The molecule has 1 atom stereocenters. The minimum atomic E-state index is -0.122. The van der Waals surface area contributed by atoms with Crippen LogP contribution >= 0.6 is 0 Å². The SMILES string of the molecule is O=C1NC(Cc2ccco2)Nc2ccccc21. The molecule has 1 amide bonds. The van der Waals surface area contributed by atoms with Crippen molar-refractivity contribution >= 4 is 11.6 Å². The fourth-order valence-corrected chi connectivity index (χ4v) is 2.00. The Bertz CT molecular complexity index is 534. The molecular formula is C13H12N2O2. The van der Waals surface area contributed by atoms with Crippen molar-refractivity contribution in [3.8, 4) is 0 Å². The number of carbonyl (C=O) groups excluding carboxylic acids is 1. The highest BCUT2D eigenvalue weighted by Gasteiger charge is 2.23. The molecule has 2 N–H and O–H groups in total. The van der Waals surface area contributed by atoms with Gasteiger partial charge in [-0.2, -0.15) is 0 Å². The smallest absolute Gasteiger partial charge is 0.254 e. The molecule has 1 aliphatic rings. The van der Waals surface area contributed by atoms with Crippen molar-refractivity contribution in [1.29, 1.82) is 0 Å². The maximum atomic E-state index is 11.8. The molecule has 1 aromatic heterocycles. The second-order valence-electron chi connectivity index (χ2n) is 4.00. The van der Waals surface area contributed by atoms with Gasteiger partial charge < -0.3 is 15.1 Å². The van der Waals surface area contributed by atoms with Crippen LogP contribution in [0.4, 0.5) is 5.69 Å². The van der Waals surface area contributed by atoms with Gasteiger partial charge in [0.05, 0.1) is 11.8 Å². The molecule has 0 aliphatic carbocycles. The van der Waals surface area contributed by atoms with E-state index in [1.807, 2.05) is 30.3 Å². The highest BCUT2D eigenvalue weighted by Crippen LogP contribution is 2.20. The second kappa shape index (κ2) is 3.97. The van der Waals surface area contributed by atoms with Crippen LogP contribution in [0.15, 0.2) is 47.1 Å². The van der Waals surface area contributed by atoms with Crippen molar-refractivity contribution in [2.45, 2.75) is 12.6 Å². The molecule has 0 fully saturated rings. The minimum Gasteiger partial charge on any atom is -0.469 e. The fraction of sp³-hybridized carbons (Fsp3) is 0.154. The monoisotopic (exact) mass is 228 g/mol. The van der Waals surface area contributed by atoms with Gasteiger partial charge in [-0.1, -0.05) is 12.1 Å². The van der Waals surface area contributed by atoms with Crippen molar-refractivity contribution in [3.05, 3.63) is 54.0 Å². The van der Waals surface area contributed by atoms with E-state index in [0.717, 1.165) is 11.4 Å². The van der Waals surface area contributed by atoms with E-state index in [9.17, 15) is 4.79 Å². The van der Waals surface area contributed by atoms with Crippen molar-refractivity contribution in [2.75, 3.05) is 5.32 Å². The molecule has 1 aliphatic heterocycles. The van der Waals surface area contributed by atoms with E-state index in [1.165, 1.54) is 0 Å². The zero-order valence-electron chi connectivity index (χ0n) is 9.14. The summed E-state index contributed by atoms with van der Waals surface area (Å²) in [5.41, 5.74) is 1.55. The third-order valence-electron chi connectivity index (χ3n) is 2.79. The minimum absolute atomic E-state index is 0.0455. The van der Waals surface area contributed by atoms with Crippen LogP contribution in [-0.2, 0) is 6.42 Å². The summed E-state index contributed by atoms with van der Waals surface area (Å²) in [7, 11) is 0. The summed E-state index contributed by atoms with van der Waals surface area (Å²) in [4.78, 5) is 11.8. The van der Waals surface area contributed by atoms with Crippen LogP contribution in [0.3, 0.4) is 0 Å². The standard InChI is InChI=1S/C13H12N2O2/c16-13-10-5-1-2-6-11(10)14-12(15-13)8-9-4-3-7-17-9/h1-7,12,14H,8H2,(H,15,16). The number of amides is 1. The van der Waals surface area contributed by atoms with Gasteiger partial charge in [-0.25, -0.2) is 0 Å². The van der Waals surface area contributed by atoms with Crippen molar-refractivity contribution in [2.24, 2.45) is 0 Å². The number of carbonyl (C=O) groups is 1. The number of nitrogens with one attached hydrogen (secondary N) is 2. The van der Waals surface area contributed by atoms with E-state index in [2.05, 4.69) is 10.6 Å². The lowest BCUT2D eigenvalue weighted by atomic mass is 10.1. The van der Waals surface area contributed by atoms with Gasteiger partial charge in [0.2, 0.25) is 0 Å². The average molecular weight is 228 g/mol. The lowest BCUT2D eigenvalue weighted by Crippen LogP contribution is -2.46. The largest absolute Gasteiger partial charge is 0.469 e. The van der Waals surface area contributed by atoms with Crippen LogP contribution < -0.4 is 10.6 Å². The first kappa shape index (κ1) is 9.96. The lowest BCUT2D eigenvalue weighted by Gasteiger charge is -2.27. The molecule has 0 spiro atoms.